The summed E-state index contributed by atoms with van der Waals surface area (Å²) in [5, 5.41) is 0. The van der Waals surface area contributed by atoms with Gasteiger partial charge in [-0.25, -0.2) is 4.98 Å². The van der Waals surface area contributed by atoms with Crippen molar-refractivity contribution < 1.29 is 4.79 Å². The molecule has 1 aliphatic rings. The van der Waals surface area contributed by atoms with Crippen LogP contribution in [0.15, 0.2) is 12.5 Å². The number of nitrogens with zero attached hydrogens (tertiary/aromatic N) is 3. The van der Waals surface area contributed by atoms with E-state index in [2.05, 4.69) is 11.9 Å². The number of aromatic nitrogens is 2. The molecule has 1 saturated carbocycles. The lowest BCUT2D eigenvalue weighted by atomic mass is 9.84. The molecule has 0 bridgehead atoms. The average Bonchev–Trinajstić information content (AvgIpc) is 2.95. The molecule has 2 rings (SSSR count). The monoisotopic (exact) mass is 278 g/mol. The SMILES string of the molecule is CCC1CCC(N(C)C(=O)c2cn(CCN)cn2)CC1. The van der Waals surface area contributed by atoms with Gasteiger partial charge in [0.15, 0.2) is 0 Å². The van der Waals surface area contributed by atoms with Gasteiger partial charge in [0.1, 0.15) is 5.69 Å². The maximum atomic E-state index is 12.4. The van der Waals surface area contributed by atoms with Crippen molar-refractivity contribution in [1.82, 2.24) is 14.5 Å². The fraction of sp³-hybridized carbons (Fsp3) is 0.733. The first-order valence-corrected chi connectivity index (χ1v) is 7.64. The van der Waals surface area contributed by atoms with Crippen molar-refractivity contribution in [3.8, 4) is 0 Å². The van der Waals surface area contributed by atoms with Gasteiger partial charge in [-0.15, -0.1) is 0 Å². The van der Waals surface area contributed by atoms with Gasteiger partial charge in [-0.3, -0.25) is 4.79 Å². The van der Waals surface area contributed by atoms with Gasteiger partial charge in [0.2, 0.25) is 0 Å². The molecular formula is C15H26N4O. The first kappa shape index (κ1) is 15.0. The van der Waals surface area contributed by atoms with Crippen LogP contribution < -0.4 is 5.73 Å². The van der Waals surface area contributed by atoms with E-state index < -0.39 is 0 Å². The molecule has 20 heavy (non-hydrogen) atoms. The van der Waals surface area contributed by atoms with Crippen LogP contribution in [-0.2, 0) is 6.54 Å². The highest BCUT2D eigenvalue weighted by atomic mass is 16.2. The van der Waals surface area contributed by atoms with E-state index in [-0.39, 0.29) is 5.91 Å². The normalized spacial score (nSPS) is 22.8. The van der Waals surface area contributed by atoms with Crippen LogP contribution in [0.2, 0.25) is 0 Å². The predicted molar refractivity (Wildman–Crippen MR) is 79.4 cm³/mol. The Labute approximate surface area is 121 Å². The Balaban J connectivity index is 1.94. The minimum absolute atomic E-state index is 0.0284. The maximum absolute atomic E-state index is 12.4. The average molecular weight is 278 g/mol. The number of hydrogen-bond donors (Lipinski definition) is 1. The van der Waals surface area contributed by atoms with E-state index in [1.165, 1.54) is 19.3 Å². The van der Waals surface area contributed by atoms with E-state index in [1.807, 2.05) is 16.5 Å². The van der Waals surface area contributed by atoms with Gasteiger partial charge in [-0.1, -0.05) is 13.3 Å². The van der Waals surface area contributed by atoms with E-state index in [0.29, 0.717) is 24.8 Å². The van der Waals surface area contributed by atoms with Gasteiger partial charge < -0.3 is 15.2 Å². The van der Waals surface area contributed by atoms with E-state index >= 15 is 0 Å². The van der Waals surface area contributed by atoms with Gasteiger partial charge in [-0.05, 0) is 31.6 Å². The summed E-state index contributed by atoms with van der Waals surface area (Å²) in [6.07, 6.45) is 9.44. The fourth-order valence-electron chi connectivity index (χ4n) is 3.03. The molecule has 1 aliphatic carbocycles. The minimum Gasteiger partial charge on any atom is -0.337 e. The standard InChI is InChI=1S/C15H26N4O/c1-3-12-4-6-13(7-5-12)18(2)15(20)14-10-19(9-8-16)11-17-14/h10-13H,3-9,16H2,1-2H3. The van der Waals surface area contributed by atoms with Gasteiger partial charge in [-0.2, -0.15) is 0 Å². The van der Waals surface area contributed by atoms with Crippen LogP contribution in [0.1, 0.15) is 49.5 Å². The van der Waals surface area contributed by atoms with Crippen LogP contribution in [0.4, 0.5) is 0 Å². The molecule has 0 saturated heterocycles. The number of hydrogen-bond acceptors (Lipinski definition) is 3. The smallest absolute Gasteiger partial charge is 0.274 e. The van der Waals surface area contributed by atoms with Crippen LogP contribution in [0, 0.1) is 5.92 Å². The predicted octanol–water partition coefficient (Wildman–Crippen LogP) is 1.88. The summed E-state index contributed by atoms with van der Waals surface area (Å²) in [4.78, 5) is 18.5. The molecule has 2 N–H and O–H groups in total. The Morgan fingerprint density at radius 2 is 2.15 bits per heavy atom. The highest BCUT2D eigenvalue weighted by Gasteiger charge is 2.27. The molecule has 112 valence electrons. The molecule has 0 aliphatic heterocycles. The highest BCUT2D eigenvalue weighted by Crippen LogP contribution is 2.29. The molecule has 0 spiro atoms. The van der Waals surface area contributed by atoms with Gasteiger partial charge >= 0.3 is 0 Å². The zero-order valence-corrected chi connectivity index (χ0v) is 12.6. The zero-order valence-electron chi connectivity index (χ0n) is 12.6. The Morgan fingerprint density at radius 1 is 1.45 bits per heavy atom. The van der Waals surface area contributed by atoms with Crippen molar-refractivity contribution >= 4 is 5.91 Å². The number of rotatable bonds is 5. The summed E-state index contributed by atoms with van der Waals surface area (Å²) in [7, 11) is 1.90. The van der Waals surface area contributed by atoms with E-state index in [4.69, 9.17) is 5.73 Å². The van der Waals surface area contributed by atoms with E-state index in [9.17, 15) is 4.79 Å². The fourth-order valence-corrected chi connectivity index (χ4v) is 3.03. The lowest BCUT2D eigenvalue weighted by Gasteiger charge is -2.34. The molecule has 5 nitrogen and oxygen atoms in total. The third-order valence-corrected chi connectivity index (χ3v) is 4.50. The number of imidazole rings is 1. The molecule has 0 unspecified atom stereocenters. The molecule has 0 aromatic carbocycles. The Hall–Kier alpha value is -1.36. The molecule has 1 aromatic rings. The molecule has 1 fully saturated rings. The third kappa shape index (κ3) is 3.39. The minimum atomic E-state index is 0.0284. The lowest BCUT2D eigenvalue weighted by Crippen LogP contribution is -2.39. The highest BCUT2D eigenvalue weighted by molar-refractivity contribution is 5.92. The molecule has 1 aromatic heterocycles. The largest absolute Gasteiger partial charge is 0.337 e. The number of carbonyl (C=O) groups is 1. The molecule has 0 atom stereocenters. The molecule has 0 radical (unpaired) electrons. The van der Waals surface area contributed by atoms with Gasteiger partial charge in [0, 0.05) is 32.4 Å². The summed E-state index contributed by atoms with van der Waals surface area (Å²) in [5.41, 5.74) is 6.03. The second-order valence-electron chi connectivity index (χ2n) is 5.78. The van der Waals surface area contributed by atoms with Crippen molar-refractivity contribution in [2.24, 2.45) is 11.7 Å². The molecule has 5 heteroatoms. The third-order valence-electron chi connectivity index (χ3n) is 4.50. The summed E-state index contributed by atoms with van der Waals surface area (Å²) in [6.45, 7) is 3.51. The zero-order chi connectivity index (χ0) is 14.5. The van der Waals surface area contributed by atoms with Crippen molar-refractivity contribution in [2.45, 2.75) is 51.6 Å². The summed E-state index contributed by atoms with van der Waals surface area (Å²) in [6, 6.07) is 0.366. The van der Waals surface area contributed by atoms with Crippen LogP contribution in [0.3, 0.4) is 0 Å². The van der Waals surface area contributed by atoms with Crippen molar-refractivity contribution in [3.63, 3.8) is 0 Å². The quantitative estimate of drug-likeness (QED) is 0.894. The first-order valence-electron chi connectivity index (χ1n) is 7.64. The lowest BCUT2D eigenvalue weighted by molar-refractivity contribution is 0.0669. The van der Waals surface area contributed by atoms with Gasteiger partial charge in [0.25, 0.3) is 5.91 Å². The van der Waals surface area contributed by atoms with Crippen LogP contribution >= 0.6 is 0 Å². The van der Waals surface area contributed by atoms with Crippen molar-refractivity contribution in [2.75, 3.05) is 13.6 Å². The Morgan fingerprint density at radius 3 is 2.75 bits per heavy atom. The first-order chi connectivity index (χ1) is 9.65. The summed E-state index contributed by atoms with van der Waals surface area (Å²) < 4.78 is 1.87. The van der Waals surface area contributed by atoms with Crippen molar-refractivity contribution in [3.05, 3.63) is 18.2 Å². The maximum Gasteiger partial charge on any atom is 0.274 e. The van der Waals surface area contributed by atoms with Crippen LogP contribution in [0.25, 0.3) is 0 Å². The topological polar surface area (TPSA) is 64.2 Å². The van der Waals surface area contributed by atoms with E-state index in [1.54, 1.807) is 12.5 Å². The van der Waals surface area contributed by atoms with Crippen LogP contribution in [-0.4, -0.2) is 40.0 Å². The Kier molecular flexibility index (Phi) is 5.17. The summed E-state index contributed by atoms with van der Waals surface area (Å²) in [5.74, 6) is 0.874. The van der Waals surface area contributed by atoms with Crippen molar-refractivity contribution in [1.29, 1.82) is 0 Å². The number of carbonyl (C=O) groups excluding carboxylic acids is 1. The number of nitrogens with two attached hydrogens (primary N) is 1. The Bertz CT molecular complexity index is 435. The van der Waals surface area contributed by atoms with E-state index in [0.717, 1.165) is 18.8 Å². The molecule has 1 heterocycles. The second-order valence-corrected chi connectivity index (χ2v) is 5.78. The van der Waals surface area contributed by atoms with Crippen LogP contribution in [0.5, 0.6) is 0 Å². The molecular weight excluding hydrogens is 252 g/mol. The molecule has 1 amide bonds. The number of amides is 1. The summed E-state index contributed by atoms with van der Waals surface area (Å²) >= 11 is 0. The van der Waals surface area contributed by atoms with Gasteiger partial charge in [0.05, 0.1) is 6.33 Å². The second kappa shape index (κ2) is 6.88.